The number of ether oxygens (including phenoxy) is 2. The average molecular weight is 388 g/mol. The number of benzene rings is 2. The zero-order valence-electron chi connectivity index (χ0n) is 16.1. The molecule has 0 heterocycles. The zero-order valence-corrected chi connectivity index (χ0v) is 16.1. The Balaban J connectivity index is 1.71. The topological polar surface area (TPSA) is 67.9 Å². The van der Waals surface area contributed by atoms with Gasteiger partial charge in [-0.2, -0.15) is 0 Å². The van der Waals surface area contributed by atoms with Crippen molar-refractivity contribution in [3.8, 4) is 11.5 Å². The van der Waals surface area contributed by atoms with E-state index in [2.05, 4.69) is 5.32 Å². The van der Waals surface area contributed by atoms with Crippen LogP contribution in [0.25, 0.3) is 0 Å². The van der Waals surface area contributed by atoms with E-state index in [0.717, 1.165) is 5.75 Å². The molecule has 0 unspecified atom stereocenters. The summed E-state index contributed by atoms with van der Waals surface area (Å²) in [5, 5.41) is 2.75. The molecule has 0 saturated heterocycles. The summed E-state index contributed by atoms with van der Waals surface area (Å²) in [5.41, 5.74) is 0.605. The first kappa shape index (κ1) is 21.2. The summed E-state index contributed by atoms with van der Waals surface area (Å²) in [6.45, 7) is 2.90. The predicted octanol–water partition coefficient (Wildman–Crippen LogP) is 2.42. The van der Waals surface area contributed by atoms with E-state index in [9.17, 15) is 14.0 Å². The molecule has 2 rings (SSSR count). The molecule has 150 valence electrons. The number of halogens is 1. The Morgan fingerprint density at radius 3 is 2.43 bits per heavy atom. The molecule has 7 heteroatoms. The van der Waals surface area contributed by atoms with Gasteiger partial charge in [0.05, 0.1) is 20.1 Å². The molecule has 0 aromatic heterocycles. The van der Waals surface area contributed by atoms with Gasteiger partial charge in [-0.1, -0.05) is 12.1 Å². The quantitative estimate of drug-likeness (QED) is 0.679. The van der Waals surface area contributed by atoms with Gasteiger partial charge in [-0.15, -0.1) is 0 Å². The third-order valence-electron chi connectivity index (χ3n) is 4.09. The summed E-state index contributed by atoms with van der Waals surface area (Å²) in [5.74, 6) is 0.741. The van der Waals surface area contributed by atoms with Crippen molar-refractivity contribution in [3.05, 3.63) is 59.9 Å². The molecule has 0 spiro atoms. The van der Waals surface area contributed by atoms with Crippen LogP contribution in [0.5, 0.6) is 11.5 Å². The summed E-state index contributed by atoms with van der Waals surface area (Å²) in [4.78, 5) is 25.3. The zero-order chi connectivity index (χ0) is 20.4. The van der Waals surface area contributed by atoms with Crippen molar-refractivity contribution in [2.45, 2.75) is 13.3 Å². The van der Waals surface area contributed by atoms with Crippen molar-refractivity contribution in [1.82, 2.24) is 10.2 Å². The summed E-state index contributed by atoms with van der Waals surface area (Å²) in [6, 6.07) is 13.1. The van der Waals surface area contributed by atoms with Crippen LogP contribution in [-0.4, -0.2) is 50.1 Å². The number of hydrogen-bond donors (Lipinski definition) is 1. The number of rotatable bonds is 10. The molecular weight excluding hydrogens is 363 g/mol. The fourth-order valence-corrected chi connectivity index (χ4v) is 2.60. The minimum Gasteiger partial charge on any atom is -0.497 e. The molecule has 0 aliphatic heterocycles. The first-order chi connectivity index (χ1) is 13.5. The third kappa shape index (κ3) is 7.26. The second kappa shape index (κ2) is 10.9. The van der Waals surface area contributed by atoms with Crippen molar-refractivity contribution in [2.24, 2.45) is 0 Å². The molecular formula is C21H25FN2O4. The van der Waals surface area contributed by atoms with Gasteiger partial charge in [0.15, 0.2) is 0 Å². The number of carbonyl (C=O) groups excluding carboxylic acids is 2. The Labute approximate surface area is 164 Å². The Hall–Kier alpha value is -3.09. The minimum atomic E-state index is -0.370. The number of hydrogen-bond acceptors (Lipinski definition) is 4. The lowest BCUT2D eigenvalue weighted by molar-refractivity contribution is -0.129. The fourth-order valence-electron chi connectivity index (χ4n) is 2.60. The monoisotopic (exact) mass is 388 g/mol. The van der Waals surface area contributed by atoms with Gasteiger partial charge in [-0.05, 0) is 42.0 Å². The van der Waals surface area contributed by atoms with Crippen LogP contribution >= 0.6 is 0 Å². The highest BCUT2D eigenvalue weighted by molar-refractivity contribution is 5.78. The van der Waals surface area contributed by atoms with E-state index in [4.69, 9.17) is 9.47 Å². The van der Waals surface area contributed by atoms with Crippen molar-refractivity contribution < 1.29 is 23.5 Å². The van der Waals surface area contributed by atoms with Gasteiger partial charge < -0.3 is 19.7 Å². The largest absolute Gasteiger partial charge is 0.497 e. The second-order valence-corrected chi connectivity index (χ2v) is 6.19. The Kier molecular flexibility index (Phi) is 8.27. The first-order valence-electron chi connectivity index (χ1n) is 9.01. The average Bonchev–Trinajstić information content (AvgIpc) is 2.67. The van der Waals surface area contributed by atoms with E-state index in [1.54, 1.807) is 48.4 Å². The van der Waals surface area contributed by atoms with E-state index in [1.165, 1.54) is 19.1 Å². The molecule has 0 radical (unpaired) electrons. The van der Waals surface area contributed by atoms with Gasteiger partial charge in [0.2, 0.25) is 11.8 Å². The number of nitrogens with one attached hydrogen (secondary N) is 1. The molecule has 0 aliphatic carbocycles. The number of methoxy groups -OCH3 is 1. The van der Waals surface area contributed by atoms with Crippen LogP contribution in [-0.2, 0) is 16.0 Å². The van der Waals surface area contributed by atoms with Crippen molar-refractivity contribution in [3.63, 3.8) is 0 Å². The number of carbonyl (C=O) groups is 2. The van der Waals surface area contributed by atoms with Crippen LogP contribution in [0.15, 0.2) is 48.5 Å². The van der Waals surface area contributed by atoms with Crippen LogP contribution in [0.2, 0.25) is 0 Å². The molecule has 28 heavy (non-hydrogen) atoms. The lowest BCUT2D eigenvalue weighted by Crippen LogP contribution is -2.39. The van der Waals surface area contributed by atoms with Crippen LogP contribution in [0.3, 0.4) is 0 Å². The summed E-state index contributed by atoms with van der Waals surface area (Å²) in [7, 11) is 1.59. The van der Waals surface area contributed by atoms with Gasteiger partial charge in [0.1, 0.15) is 23.9 Å². The molecule has 0 aliphatic rings. The maximum absolute atomic E-state index is 13.1. The van der Waals surface area contributed by atoms with E-state index in [1.807, 2.05) is 0 Å². The standard InChI is InChI=1S/C21H25FN2O4/c1-16(25)24(12-13-28-20-8-6-19(27-2)7-9-20)11-10-23-21(26)15-17-4-3-5-18(22)14-17/h3-9,14H,10-13,15H2,1-2H3,(H,23,26). The molecule has 0 bridgehead atoms. The van der Waals surface area contributed by atoms with Gasteiger partial charge in [0.25, 0.3) is 0 Å². The fraction of sp³-hybridized carbons (Fsp3) is 0.333. The third-order valence-corrected chi connectivity index (χ3v) is 4.09. The minimum absolute atomic E-state index is 0.0956. The molecule has 6 nitrogen and oxygen atoms in total. The molecule has 2 aromatic rings. The van der Waals surface area contributed by atoms with Crippen molar-refractivity contribution in [2.75, 3.05) is 33.4 Å². The van der Waals surface area contributed by atoms with Crippen molar-refractivity contribution in [1.29, 1.82) is 0 Å². The molecule has 2 amide bonds. The van der Waals surface area contributed by atoms with Crippen LogP contribution < -0.4 is 14.8 Å². The highest BCUT2D eigenvalue weighted by Crippen LogP contribution is 2.16. The van der Waals surface area contributed by atoms with Crippen molar-refractivity contribution >= 4 is 11.8 Å². The predicted molar refractivity (Wildman–Crippen MR) is 104 cm³/mol. The molecule has 0 fully saturated rings. The Bertz CT molecular complexity index is 780. The van der Waals surface area contributed by atoms with E-state index >= 15 is 0 Å². The molecule has 0 atom stereocenters. The maximum atomic E-state index is 13.1. The smallest absolute Gasteiger partial charge is 0.224 e. The van der Waals surface area contributed by atoms with Crippen LogP contribution in [0.1, 0.15) is 12.5 Å². The van der Waals surface area contributed by atoms with Gasteiger partial charge >= 0.3 is 0 Å². The maximum Gasteiger partial charge on any atom is 0.224 e. The van der Waals surface area contributed by atoms with Gasteiger partial charge in [-0.25, -0.2) is 4.39 Å². The molecule has 2 aromatic carbocycles. The number of nitrogens with zero attached hydrogens (tertiary/aromatic N) is 1. The Morgan fingerprint density at radius 2 is 1.79 bits per heavy atom. The van der Waals surface area contributed by atoms with E-state index in [0.29, 0.717) is 37.6 Å². The second-order valence-electron chi connectivity index (χ2n) is 6.19. The summed E-state index contributed by atoms with van der Waals surface area (Å²) >= 11 is 0. The highest BCUT2D eigenvalue weighted by Gasteiger charge is 2.10. The summed E-state index contributed by atoms with van der Waals surface area (Å²) in [6.07, 6.45) is 0.0956. The first-order valence-corrected chi connectivity index (χ1v) is 9.01. The number of amides is 2. The molecule has 1 N–H and O–H groups in total. The molecule has 0 saturated carbocycles. The lowest BCUT2D eigenvalue weighted by atomic mass is 10.1. The Morgan fingerprint density at radius 1 is 1.07 bits per heavy atom. The normalized spacial score (nSPS) is 10.2. The van der Waals surface area contributed by atoms with Crippen LogP contribution in [0.4, 0.5) is 4.39 Å². The van der Waals surface area contributed by atoms with E-state index < -0.39 is 0 Å². The summed E-state index contributed by atoms with van der Waals surface area (Å²) < 4.78 is 23.9. The van der Waals surface area contributed by atoms with Gasteiger partial charge in [0, 0.05) is 20.0 Å². The highest BCUT2D eigenvalue weighted by atomic mass is 19.1. The van der Waals surface area contributed by atoms with Gasteiger partial charge in [-0.3, -0.25) is 9.59 Å². The lowest BCUT2D eigenvalue weighted by Gasteiger charge is -2.21. The van der Waals surface area contributed by atoms with Crippen LogP contribution in [0, 0.1) is 5.82 Å². The van der Waals surface area contributed by atoms with E-state index in [-0.39, 0.29) is 24.1 Å². The SMILES string of the molecule is COc1ccc(OCCN(CCNC(=O)Cc2cccc(F)c2)C(C)=O)cc1.